The van der Waals surface area contributed by atoms with E-state index >= 15 is 0 Å². The van der Waals surface area contributed by atoms with Gasteiger partial charge in [-0.25, -0.2) is 0 Å². The molecule has 4 aliphatic carbocycles. The van der Waals surface area contributed by atoms with E-state index in [9.17, 15) is 19.8 Å². The Labute approximate surface area is 211 Å². The second-order valence-electron chi connectivity index (χ2n) is 11.8. The minimum Gasteiger partial charge on any atom is -0.485 e. The Morgan fingerprint density at radius 1 is 1.11 bits per heavy atom. The number of carbonyl (C=O) groups is 2. The van der Waals surface area contributed by atoms with Crippen LogP contribution in [0.15, 0.2) is 66.3 Å². The molecule has 0 saturated heterocycles. The van der Waals surface area contributed by atoms with Crippen LogP contribution in [0.1, 0.15) is 46.0 Å². The molecule has 7 atom stereocenters. The van der Waals surface area contributed by atoms with Gasteiger partial charge in [0, 0.05) is 22.1 Å². The largest absolute Gasteiger partial charge is 0.485 e. The van der Waals surface area contributed by atoms with Gasteiger partial charge < -0.3 is 14.9 Å². The third-order valence-corrected chi connectivity index (χ3v) is 10.2. The van der Waals surface area contributed by atoms with E-state index in [1.807, 2.05) is 55.5 Å². The van der Waals surface area contributed by atoms with Crippen LogP contribution in [-0.2, 0) is 9.59 Å². The summed E-state index contributed by atoms with van der Waals surface area (Å²) in [5.41, 5.74) is -1.52. The van der Waals surface area contributed by atoms with Gasteiger partial charge >= 0.3 is 0 Å². The van der Waals surface area contributed by atoms with Crippen molar-refractivity contribution in [2.75, 3.05) is 6.61 Å². The van der Waals surface area contributed by atoms with E-state index in [-0.39, 0.29) is 41.3 Å². The first-order valence-electron chi connectivity index (χ1n) is 13.2. The average Bonchev–Trinajstić information content (AvgIpc) is 3.13. The summed E-state index contributed by atoms with van der Waals surface area (Å²) in [6.45, 7) is 3.93. The van der Waals surface area contributed by atoms with Crippen molar-refractivity contribution >= 4 is 22.3 Å². The molecule has 2 aromatic carbocycles. The molecule has 5 heteroatoms. The van der Waals surface area contributed by atoms with Crippen LogP contribution < -0.4 is 4.74 Å². The van der Waals surface area contributed by atoms with Crippen LogP contribution in [0.5, 0.6) is 5.75 Å². The van der Waals surface area contributed by atoms with Crippen LogP contribution >= 0.6 is 0 Å². The Balaban J connectivity index is 1.26. The predicted molar refractivity (Wildman–Crippen MR) is 137 cm³/mol. The molecule has 3 saturated carbocycles. The molecule has 2 N–H and O–H groups in total. The van der Waals surface area contributed by atoms with E-state index in [0.717, 1.165) is 35.6 Å². The highest BCUT2D eigenvalue weighted by molar-refractivity contribution is 6.01. The van der Waals surface area contributed by atoms with Crippen LogP contribution in [0.3, 0.4) is 0 Å². The molecule has 4 aliphatic rings. The fourth-order valence-electron chi connectivity index (χ4n) is 8.37. The number of allylic oxidation sites excluding steroid dienone is 4. The molecule has 36 heavy (non-hydrogen) atoms. The van der Waals surface area contributed by atoms with Gasteiger partial charge in [0.05, 0.1) is 6.10 Å². The number of hydrogen-bond acceptors (Lipinski definition) is 5. The van der Waals surface area contributed by atoms with Crippen molar-refractivity contribution in [2.45, 2.75) is 57.7 Å². The SMILES string of the molecule is CC12C=CC(=O)C=C1CCC1C2[C@@H](O)CC2(C)C1CC[C@]2(O)C(=O)COc1cccc2ccccc12. The molecule has 5 nitrogen and oxygen atoms in total. The Hall–Kier alpha value is -2.76. The molecule has 6 rings (SSSR count). The van der Waals surface area contributed by atoms with Crippen molar-refractivity contribution in [3.8, 4) is 5.75 Å². The number of aliphatic hydroxyl groups is 2. The molecule has 0 aliphatic heterocycles. The molecule has 3 fully saturated rings. The first-order chi connectivity index (χ1) is 17.2. The number of rotatable bonds is 4. The van der Waals surface area contributed by atoms with Crippen molar-refractivity contribution in [1.82, 2.24) is 0 Å². The lowest BCUT2D eigenvalue weighted by molar-refractivity contribution is -0.178. The third-order valence-electron chi connectivity index (χ3n) is 10.2. The zero-order valence-corrected chi connectivity index (χ0v) is 20.9. The van der Waals surface area contributed by atoms with Crippen LogP contribution in [0.25, 0.3) is 10.8 Å². The van der Waals surface area contributed by atoms with Crippen LogP contribution in [0.4, 0.5) is 0 Å². The maximum atomic E-state index is 13.6. The summed E-state index contributed by atoms with van der Waals surface area (Å²) in [4.78, 5) is 25.6. The van der Waals surface area contributed by atoms with Gasteiger partial charge in [-0.05, 0) is 67.5 Å². The molecule has 0 amide bonds. The second-order valence-corrected chi connectivity index (χ2v) is 11.8. The lowest BCUT2D eigenvalue weighted by Gasteiger charge is -2.59. The van der Waals surface area contributed by atoms with Crippen molar-refractivity contribution in [3.63, 3.8) is 0 Å². The molecular weight excluding hydrogens is 452 g/mol. The van der Waals surface area contributed by atoms with E-state index < -0.39 is 17.1 Å². The quantitative estimate of drug-likeness (QED) is 0.649. The summed E-state index contributed by atoms with van der Waals surface area (Å²) in [5, 5.41) is 25.4. The number of hydrogen-bond donors (Lipinski definition) is 2. The second kappa shape index (κ2) is 8.12. The Kier molecular flexibility index (Phi) is 5.33. The highest BCUT2D eigenvalue weighted by Crippen LogP contribution is 2.67. The monoisotopic (exact) mass is 486 g/mol. The van der Waals surface area contributed by atoms with E-state index in [0.29, 0.717) is 18.6 Å². The number of fused-ring (bicyclic) bond motifs is 6. The Morgan fingerprint density at radius 3 is 2.72 bits per heavy atom. The van der Waals surface area contributed by atoms with Gasteiger partial charge in [0.1, 0.15) is 18.0 Å². The van der Waals surface area contributed by atoms with E-state index in [4.69, 9.17) is 4.74 Å². The van der Waals surface area contributed by atoms with Gasteiger partial charge in [0.15, 0.2) is 5.78 Å². The van der Waals surface area contributed by atoms with E-state index in [2.05, 4.69) is 6.92 Å². The van der Waals surface area contributed by atoms with Crippen molar-refractivity contribution in [1.29, 1.82) is 0 Å². The molecule has 0 radical (unpaired) electrons. The summed E-state index contributed by atoms with van der Waals surface area (Å²) in [5.74, 6) is 0.622. The fraction of sp³-hybridized carbons (Fsp3) is 0.484. The third kappa shape index (κ3) is 3.22. The van der Waals surface area contributed by atoms with Crippen molar-refractivity contribution < 1.29 is 24.5 Å². The number of aliphatic hydroxyl groups excluding tert-OH is 1. The van der Waals surface area contributed by atoms with Crippen LogP contribution in [0.2, 0.25) is 0 Å². The lowest BCUT2D eigenvalue weighted by Crippen LogP contribution is -2.61. The lowest BCUT2D eigenvalue weighted by atomic mass is 9.46. The molecular formula is C31H34O5. The van der Waals surface area contributed by atoms with Gasteiger partial charge in [0.2, 0.25) is 5.78 Å². The summed E-state index contributed by atoms with van der Waals surface area (Å²) in [6.07, 6.45) is 7.86. The van der Waals surface area contributed by atoms with Crippen LogP contribution in [0, 0.1) is 28.6 Å². The smallest absolute Gasteiger partial charge is 0.202 e. The summed E-state index contributed by atoms with van der Waals surface area (Å²) in [7, 11) is 0. The summed E-state index contributed by atoms with van der Waals surface area (Å²) < 4.78 is 5.99. The number of Topliss-reactive ketones (excluding diaryl/α,β-unsaturated/α-hetero) is 1. The molecule has 5 unspecified atom stereocenters. The maximum Gasteiger partial charge on any atom is 0.202 e. The van der Waals surface area contributed by atoms with Gasteiger partial charge in [-0.1, -0.05) is 61.9 Å². The van der Waals surface area contributed by atoms with E-state index in [1.165, 1.54) is 0 Å². The van der Waals surface area contributed by atoms with E-state index in [1.54, 1.807) is 12.2 Å². The highest BCUT2D eigenvalue weighted by Gasteiger charge is 2.68. The zero-order chi connectivity index (χ0) is 25.3. The van der Waals surface area contributed by atoms with Crippen molar-refractivity contribution in [2.24, 2.45) is 28.6 Å². The first-order valence-corrected chi connectivity index (χ1v) is 13.2. The molecule has 0 spiro atoms. The highest BCUT2D eigenvalue weighted by atomic mass is 16.5. The number of carbonyl (C=O) groups excluding carboxylic acids is 2. The minimum absolute atomic E-state index is 0.0168. The first kappa shape index (κ1) is 23.6. The fourth-order valence-corrected chi connectivity index (χ4v) is 8.37. The van der Waals surface area contributed by atoms with Gasteiger partial charge in [-0.15, -0.1) is 0 Å². The standard InChI is InChI=1S/C31H34O5/c1-29-14-12-21(32)16-20(29)10-11-23-24-13-15-31(35,30(24,2)17-25(33)28(23)29)27(34)18-36-26-9-5-7-19-6-3-4-8-22(19)26/h3-9,12,14,16,23-25,28,33,35H,10-11,13,15,17-18H2,1-2H3/t23?,24?,25-,28?,29?,30?,31-/m0/s1. The number of benzene rings is 2. The molecule has 0 heterocycles. The average molecular weight is 487 g/mol. The maximum absolute atomic E-state index is 13.6. The molecule has 0 bridgehead atoms. The van der Waals surface area contributed by atoms with Gasteiger partial charge in [-0.3, -0.25) is 9.59 Å². The summed E-state index contributed by atoms with van der Waals surface area (Å²) in [6, 6.07) is 13.6. The van der Waals surface area contributed by atoms with Crippen LogP contribution in [-0.4, -0.2) is 40.1 Å². The Morgan fingerprint density at radius 2 is 1.89 bits per heavy atom. The Bertz CT molecular complexity index is 1300. The van der Waals surface area contributed by atoms with Gasteiger partial charge in [0.25, 0.3) is 0 Å². The molecule has 188 valence electrons. The number of ether oxygens (including phenoxy) is 1. The molecule has 0 aromatic heterocycles. The predicted octanol–water partition coefficient (Wildman–Crippen LogP) is 4.80. The minimum atomic E-state index is -1.54. The van der Waals surface area contributed by atoms with Gasteiger partial charge in [-0.2, -0.15) is 0 Å². The number of ketones is 2. The van der Waals surface area contributed by atoms with Crippen molar-refractivity contribution in [3.05, 3.63) is 66.3 Å². The normalized spacial score (nSPS) is 39.2. The zero-order valence-electron chi connectivity index (χ0n) is 20.9. The topological polar surface area (TPSA) is 83.8 Å². The molecule has 2 aromatic rings. The summed E-state index contributed by atoms with van der Waals surface area (Å²) >= 11 is 0.